The molecule has 0 fully saturated rings. The van der Waals surface area contributed by atoms with Crippen molar-refractivity contribution in [3.05, 3.63) is 52.3 Å². The first-order valence-electron chi connectivity index (χ1n) is 4.76. The standard InChI is InChI=1S/C11H10FNO4/c1-2-11(14)17-6-5-8-3-4-9(12)10(7-8)13(15)16/h2-4,7H,1,5-6H2. The van der Waals surface area contributed by atoms with Crippen molar-refractivity contribution >= 4 is 11.7 Å². The second kappa shape index (κ2) is 5.74. The van der Waals surface area contributed by atoms with Gasteiger partial charge in [0, 0.05) is 18.6 Å². The summed E-state index contributed by atoms with van der Waals surface area (Å²) in [5.74, 6) is -1.46. The van der Waals surface area contributed by atoms with E-state index in [2.05, 4.69) is 6.58 Å². The van der Waals surface area contributed by atoms with Gasteiger partial charge >= 0.3 is 11.7 Å². The van der Waals surface area contributed by atoms with Crippen LogP contribution in [0, 0.1) is 15.9 Å². The Labute approximate surface area is 96.7 Å². The number of carbonyl (C=O) groups excluding carboxylic acids is 1. The Morgan fingerprint density at radius 2 is 2.29 bits per heavy atom. The van der Waals surface area contributed by atoms with Gasteiger partial charge in [0.2, 0.25) is 5.82 Å². The van der Waals surface area contributed by atoms with Crippen LogP contribution in [0.5, 0.6) is 0 Å². The van der Waals surface area contributed by atoms with Crippen molar-refractivity contribution in [1.82, 2.24) is 0 Å². The minimum absolute atomic E-state index is 0.0631. The van der Waals surface area contributed by atoms with Crippen molar-refractivity contribution in [2.24, 2.45) is 0 Å². The molecule has 0 radical (unpaired) electrons. The molecule has 5 nitrogen and oxygen atoms in total. The van der Waals surface area contributed by atoms with Crippen LogP contribution in [-0.4, -0.2) is 17.5 Å². The number of nitro benzene ring substituents is 1. The Hall–Kier alpha value is -2.24. The number of hydrogen-bond donors (Lipinski definition) is 0. The number of hydrogen-bond acceptors (Lipinski definition) is 4. The average molecular weight is 239 g/mol. The molecule has 1 aromatic carbocycles. The summed E-state index contributed by atoms with van der Waals surface area (Å²) < 4.78 is 17.7. The van der Waals surface area contributed by atoms with E-state index < -0.39 is 22.4 Å². The molecule has 0 saturated carbocycles. The summed E-state index contributed by atoms with van der Waals surface area (Å²) in [4.78, 5) is 20.4. The molecular formula is C11H10FNO4. The fourth-order valence-corrected chi connectivity index (χ4v) is 1.18. The number of rotatable bonds is 5. The van der Waals surface area contributed by atoms with E-state index in [1.54, 1.807) is 0 Å². The topological polar surface area (TPSA) is 69.4 Å². The highest BCUT2D eigenvalue weighted by molar-refractivity contribution is 5.81. The summed E-state index contributed by atoms with van der Waals surface area (Å²) >= 11 is 0. The fraction of sp³-hybridized carbons (Fsp3) is 0.182. The summed E-state index contributed by atoms with van der Waals surface area (Å²) in [5.41, 5.74) is -0.0625. The number of nitrogens with zero attached hydrogens (tertiary/aromatic N) is 1. The third-order valence-electron chi connectivity index (χ3n) is 2.01. The summed E-state index contributed by atoms with van der Waals surface area (Å²) in [6, 6.07) is 3.55. The maximum Gasteiger partial charge on any atom is 0.330 e. The minimum Gasteiger partial charge on any atom is -0.462 e. The molecule has 0 aliphatic carbocycles. The highest BCUT2D eigenvalue weighted by atomic mass is 19.1. The van der Waals surface area contributed by atoms with Crippen molar-refractivity contribution in [3.8, 4) is 0 Å². The van der Waals surface area contributed by atoms with Gasteiger partial charge in [0.15, 0.2) is 0 Å². The van der Waals surface area contributed by atoms with E-state index in [4.69, 9.17) is 4.74 Å². The Kier molecular flexibility index (Phi) is 4.33. The summed E-state index contributed by atoms with van der Waals surface area (Å²) in [7, 11) is 0. The maximum absolute atomic E-state index is 13.0. The predicted octanol–water partition coefficient (Wildman–Crippen LogP) is 2.01. The molecule has 1 aromatic rings. The molecule has 17 heavy (non-hydrogen) atoms. The Bertz CT molecular complexity index is 459. The summed E-state index contributed by atoms with van der Waals surface area (Å²) in [6.07, 6.45) is 1.30. The Morgan fingerprint density at radius 1 is 1.59 bits per heavy atom. The first-order chi connectivity index (χ1) is 8.04. The van der Waals surface area contributed by atoms with Gasteiger partial charge in [-0.05, 0) is 11.6 Å². The number of benzene rings is 1. The van der Waals surface area contributed by atoms with E-state index in [-0.39, 0.29) is 13.0 Å². The molecule has 0 aliphatic heterocycles. The van der Waals surface area contributed by atoms with Crippen LogP contribution in [-0.2, 0) is 16.0 Å². The molecular weight excluding hydrogens is 229 g/mol. The number of ether oxygens (including phenoxy) is 1. The van der Waals surface area contributed by atoms with Crippen LogP contribution in [0.4, 0.5) is 10.1 Å². The molecule has 6 heteroatoms. The first-order valence-corrected chi connectivity index (χ1v) is 4.76. The predicted molar refractivity (Wildman–Crippen MR) is 57.9 cm³/mol. The van der Waals surface area contributed by atoms with Crippen LogP contribution in [0.2, 0.25) is 0 Å². The molecule has 0 spiro atoms. The van der Waals surface area contributed by atoms with Crippen LogP contribution in [0.3, 0.4) is 0 Å². The number of esters is 1. The van der Waals surface area contributed by atoms with Gasteiger partial charge in [-0.15, -0.1) is 0 Å². The Balaban J connectivity index is 2.66. The minimum atomic E-state index is -0.887. The lowest BCUT2D eigenvalue weighted by Gasteiger charge is -2.02. The van der Waals surface area contributed by atoms with E-state index in [9.17, 15) is 19.3 Å². The third kappa shape index (κ3) is 3.67. The molecule has 1 rings (SSSR count). The van der Waals surface area contributed by atoms with Gasteiger partial charge in [0.05, 0.1) is 11.5 Å². The second-order valence-corrected chi connectivity index (χ2v) is 3.16. The Morgan fingerprint density at radius 3 is 2.88 bits per heavy atom. The van der Waals surface area contributed by atoms with Gasteiger partial charge in [-0.1, -0.05) is 12.6 Å². The van der Waals surface area contributed by atoms with Gasteiger partial charge in [-0.3, -0.25) is 10.1 Å². The van der Waals surface area contributed by atoms with Gasteiger partial charge in [0.1, 0.15) is 0 Å². The normalized spacial score (nSPS) is 9.71. The number of carbonyl (C=O) groups is 1. The van der Waals surface area contributed by atoms with Crippen molar-refractivity contribution in [3.63, 3.8) is 0 Å². The monoisotopic (exact) mass is 239 g/mol. The zero-order valence-electron chi connectivity index (χ0n) is 8.89. The second-order valence-electron chi connectivity index (χ2n) is 3.16. The quantitative estimate of drug-likeness (QED) is 0.341. The molecule has 0 amide bonds. The number of halogens is 1. The molecule has 0 bridgehead atoms. The van der Waals surface area contributed by atoms with E-state index in [0.717, 1.165) is 18.2 Å². The van der Waals surface area contributed by atoms with Gasteiger partial charge < -0.3 is 4.74 Å². The molecule has 90 valence electrons. The van der Waals surface area contributed by atoms with Crippen LogP contribution >= 0.6 is 0 Å². The molecule has 0 N–H and O–H groups in total. The van der Waals surface area contributed by atoms with Gasteiger partial charge in [0.25, 0.3) is 0 Å². The first kappa shape index (κ1) is 12.8. The molecule has 0 heterocycles. The van der Waals surface area contributed by atoms with E-state index >= 15 is 0 Å². The van der Waals surface area contributed by atoms with E-state index in [1.807, 2.05) is 0 Å². The van der Waals surface area contributed by atoms with E-state index in [0.29, 0.717) is 5.56 Å². The van der Waals surface area contributed by atoms with Gasteiger partial charge in [-0.2, -0.15) is 4.39 Å². The lowest BCUT2D eigenvalue weighted by Crippen LogP contribution is -2.05. The number of nitro groups is 1. The van der Waals surface area contributed by atoms with Crippen molar-refractivity contribution in [2.45, 2.75) is 6.42 Å². The smallest absolute Gasteiger partial charge is 0.330 e. The SMILES string of the molecule is C=CC(=O)OCCc1ccc(F)c([N+](=O)[O-])c1. The van der Waals surface area contributed by atoms with Crippen LogP contribution in [0.15, 0.2) is 30.9 Å². The van der Waals surface area contributed by atoms with Crippen LogP contribution in [0.1, 0.15) is 5.56 Å². The van der Waals surface area contributed by atoms with Gasteiger partial charge in [-0.25, -0.2) is 4.79 Å². The summed E-state index contributed by atoms with van der Waals surface area (Å²) in [5, 5.41) is 10.5. The fourth-order valence-electron chi connectivity index (χ4n) is 1.18. The maximum atomic E-state index is 13.0. The lowest BCUT2D eigenvalue weighted by molar-refractivity contribution is -0.387. The average Bonchev–Trinajstić information content (AvgIpc) is 2.30. The van der Waals surface area contributed by atoms with Crippen LogP contribution in [0.25, 0.3) is 0 Å². The lowest BCUT2D eigenvalue weighted by atomic mass is 10.1. The van der Waals surface area contributed by atoms with Crippen molar-refractivity contribution in [1.29, 1.82) is 0 Å². The molecule has 0 atom stereocenters. The zero-order chi connectivity index (χ0) is 12.8. The molecule has 0 unspecified atom stereocenters. The summed E-state index contributed by atoms with van der Waals surface area (Å²) in [6.45, 7) is 3.28. The highest BCUT2D eigenvalue weighted by Crippen LogP contribution is 2.18. The molecule has 0 aromatic heterocycles. The van der Waals surface area contributed by atoms with Crippen LogP contribution < -0.4 is 0 Å². The van der Waals surface area contributed by atoms with Crippen molar-refractivity contribution in [2.75, 3.05) is 6.61 Å². The largest absolute Gasteiger partial charge is 0.462 e. The zero-order valence-corrected chi connectivity index (χ0v) is 8.89. The van der Waals surface area contributed by atoms with Crippen molar-refractivity contribution < 1.29 is 18.8 Å². The molecule has 0 saturated heterocycles. The van der Waals surface area contributed by atoms with E-state index in [1.165, 1.54) is 6.07 Å². The molecule has 0 aliphatic rings. The third-order valence-corrected chi connectivity index (χ3v) is 2.01. The highest BCUT2D eigenvalue weighted by Gasteiger charge is 2.14.